The van der Waals surface area contributed by atoms with Crippen molar-refractivity contribution in [3.8, 4) is 0 Å². The molecule has 1 aromatic heterocycles. The van der Waals surface area contributed by atoms with E-state index in [1.807, 2.05) is 4.90 Å². The van der Waals surface area contributed by atoms with E-state index in [4.69, 9.17) is 4.74 Å². The van der Waals surface area contributed by atoms with Crippen molar-refractivity contribution < 1.29 is 14.3 Å². The largest absolute Gasteiger partial charge is 0.378 e. The Morgan fingerprint density at radius 3 is 2.77 bits per heavy atom. The number of nitrogens with zero attached hydrogens (tertiary/aromatic N) is 3. The summed E-state index contributed by atoms with van der Waals surface area (Å²) in [6, 6.07) is 1.80. The molecule has 2 fully saturated rings. The first-order chi connectivity index (χ1) is 10.7. The Kier molecular flexibility index (Phi) is 4.42. The lowest BCUT2D eigenvalue weighted by Crippen LogP contribution is -2.40. The third-order valence-corrected chi connectivity index (χ3v) is 4.38. The van der Waals surface area contributed by atoms with Crippen LogP contribution in [-0.4, -0.2) is 64.7 Å². The fourth-order valence-electron chi connectivity index (χ4n) is 3.18. The first-order valence-electron chi connectivity index (χ1n) is 7.86. The van der Waals surface area contributed by atoms with E-state index in [1.54, 1.807) is 17.9 Å². The van der Waals surface area contributed by atoms with Crippen LogP contribution in [0.3, 0.4) is 0 Å². The third-order valence-electron chi connectivity index (χ3n) is 4.38. The fourth-order valence-corrected chi connectivity index (χ4v) is 3.18. The number of aromatic nitrogens is 2. The van der Waals surface area contributed by atoms with Crippen LogP contribution >= 0.6 is 0 Å². The molecule has 2 saturated heterocycles. The maximum atomic E-state index is 12.4. The van der Waals surface area contributed by atoms with Crippen LogP contribution in [0.2, 0.25) is 0 Å². The van der Waals surface area contributed by atoms with Crippen LogP contribution in [0.1, 0.15) is 48.4 Å². The third kappa shape index (κ3) is 2.99. The molecule has 0 aliphatic carbocycles. The fraction of sp³-hybridized carbons (Fsp3) is 0.667. The van der Waals surface area contributed by atoms with Crippen LogP contribution < -0.4 is 0 Å². The lowest BCUT2D eigenvalue weighted by molar-refractivity contribution is -0.132. The molecule has 0 saturated carbocycles. The zero-order valence-electron chi connectivity index (χ0n) is 12.9. The predicted octanol–water partition coefficient (Wildman–Crippen LogP) is 0.956. The summed E-state index contributed by atoms with van der Waals surface area (Å²) in [6.45, 7) is 4.71. The van der Waals surface area contributed by atoms with Crippen LogP contribution in [0.25, 0.3) is 0 Å². The van der Waals surface area contributed by atoms with E-state index < -0.39 is 0 Å². The molecular weight excluding hydrogens is 284 g/mol. The van der Waals surface area contributed by atoms with Gasteiger partial charge in [0, 0.05) is 26.6 Å². The summed E-state index contributed by atoms with van der Waals surface area (Å²) in [5.74, 6) is -0.00339. The topological polar surface area (TPSA) is 78.5 Å². The quantitative estimate of drug-likeness (QED) is 0.882. The van der Waals surface area contributed by atoms with Crippen molar-refractivity contribution in [2.24, 2.45) is 0 Å². The van der Waals surface area contributed by atoms with Gasteiger partial charge in [-0.15, -0.1) is 0 Å². The molecule has 2 aliphatic heterocycles. The number of amides is 2. The molecule has 22 heavy (non-hydrogen) atoms. The van der Waals surface area contributed by atoms with Gasteiger partial charge in [-0.25, -0.2) is 0 Å². The molecule has 120 valence electrons. The van der Waals surface area contributed by atoms with E-state index in [-0.39, 0.29) is 17.9 Å². The number of hydrogen-bond donors (Lipinski definition) is 1. The van der Waals surface area contributed by atoms with Crippen molar-refractivity contribution in [1.82, 2.24) is 20.0 Å². The minimum Gasteiger partial charge on any atom is -0.378 e. The van der Waals surface area contributed by atoms with Crippen LogP contribution in [0.5, 0.6) is 0 Å². The molecule has 1 aromatic rings. The van der Waals surface area contributed by atoms with Crippen LogP contribution in [0.15, 0.2) is 6.07 Å². The molecule has 0 radical (unpaired) electrons. The van der Waals surface area contributed by atoms with Crippen molar-refractivity contribution in [1.29, 1.82) is 0 Å². The minimum atomic E-state index is -0.0732. The highest BCUT2D eigenvalue weighted by atomic mass is 16.5. The zero-order chi connectivity index (χ0) is 15.5. The molecule has 2 aliphatic rings. The first kappa shape index (κ1) is 15.0. The number of rotatable bonds is 2. The number of hydrogen-bond acceptors (Lipinski definition) is 4. The zero-order valence-corrected chi connectivity index (χ0v) is 12.9. The molecule has 0 aromatic carbocycles. The van der Waals surface area contributed by atoms with Gasteiger partial charge in [-0.1, -0.05) is 0 Å². The number of piperidine rings is 1. The van der Waals surface area contributed by atoms with E-state index in [1.165, 1.54) is 0 Å². The number of carbonyl (C=O) groups is 2. The molecule has 2 amide bonds. The molecule has 1 atom stereocenters. The minimum absolute atomic E-state index is 0.00462. The van der Waals surface area contributed by atoms with Crippen molar-refractivity contribution in [2.75, 3.05) is 32.8 Å². The highest BCUT2D eigenvalue weighted by Gasteiger charge is 2.29. The van der Waals surface area contributed by atoms with Gasteiger partial charge >= 0.3 is 0 Å². The van der Waals surface area contributed by atoms with Gasteiger partial charge in [0.25, 0.3) is 5.91 Å². The van der Waals surface area contributed by atoms with Crippen molar-refractivity contribution in [3.05, 3.63) is 17.5 Å². The molecular formula is C15H22N4O3. The molecule has 3 rings (SSSR count). The summed E-state index contributed by atoms with van der Waals surface area (Å²) in [5.41, 5.74) is 1.28. The second kappa shape index (κ2) is 6.48. The number of morpholine rings is 1. The van der Waals surface area contributed by atoms with Gasteiger partial charge in [-0.2, -0.15) is 5.10 Å². The molecule has 3 heterocycles. The lowest BCUT2D eigenvalue weighted by Gasteiger charge is -2.34. The Bertz CT molecular complexity index is 551. The Morgan fingerprint density at radius 2 is 2.05 bits per heavy atom. The summed E-state index contributed by atoms with van der Waals surface area (Å²) in [4.78, 5) is 27.8. The Balaban J connectivity index is 1.74. The lowest BCUT2D eigenvalue weighted by atomic mass is 9.99. The van der Waals surface area contributed by atoms with Gasteiger partial charge in [-0.3, -0.25) is 14.7 Å². The van der Waals surface area contributed by atoms with E-state index in [0.717, 1.165) is 31.5 Å². The van der Waals surface area contributed by atoms with Crippen LogP contribution in [0, 0.1) is 0 Å². The van der Waals surface area contributed by atoms with Crippen molar-refractivity contribution >= 4 is 11.8 Å². The number of carbonyl (C=O) groups excluding carboxylic acids is 2. The SMILES string of the molecule is CC(=O)N1CCCC[C@@H]1c1cc(C(=O)N2CCOCC2)n[nH]1. The Labute approximate surface area is 129 Å². The van der Waals surface area contributed by atoms with Crippen LogP contribution in [-0.2, 0) is 9.53 Å². The Morgan fingerprint density at radius 1 is 1.27 bits per heavy atom. The summed E-state index contributed by atoms with van der Waals surface area (Å²) in [7, 11) is 0. The summed E-state index contributed by atoms with van der Waals surface area (Å²) < 4.78 is 5.26. The molecule has 0 bridgehead atoms. The maximum Gasteiger partial charge on any atom is 0.274 e. The standard InChI is InChI=1S/C15H22N4O3/c1-11(20)19-5-3-2-4-14(19)12-10-13(17-16-12)15(21)18-6-8-22-9-7-18/h10,14H,2-9H2,1H3,(H,16,17)/t14-/m1/s1. The average Bonchev–Trinajstić information content (AvgIpc) is 3.04. The normalized spacial score (nSPS) is 22.7. The molecule has 1 N–H and O–H groups in total. The summed E-state index contributed by atoms with van der Waals surface area (Å²) >= 11 is 0. The first-order valence-corrected chi connectivity index (χ1v) is 7.86. The van der Waals surface area contributed by atoms with E-state index in [9.17, 15) is 9.59 Å². The van der Waals surface area contributed by atoms with Gasteiger partial charge in [0.05, 0.1) is 24.9 Å². The van der Waals surface area contributed by atoms with Crippen LogP contribution in [0.4, 0.5) is 0 Å². The molecule has 0 spiro atoms. The van der Waals surface area contributed by atoms with Crippen molar-refractivity contribution in [3.63, 3.8) is 0 Å². The molecule has 0 unspecified atom stereocenters. The monoisotopic (exact) mass is 306 g/mol. The highest BCUT2D eigenvalue weighted by Crippen LogP contribution is 2.30. The summed E-state index contributed by atoms with van der Waals surface area (Å²) in [5, 5.41) is 7.12. The number of ether oxygens (including phenoxy) is 1. The van der Waals surface area contributed by atoms with Crippen molar-refractivity contribution in [2.45, 2.75) is 32.2 Å². The number of H-pyrrole nitrogens is 1. The average molecular weight is 306 g/mol. The van der Waals surface area contributed by atoms with Gasteiger partial charge in [0.2, 0.25) is 5.91 Å². The highest BCUT2D eigenvalue weighted by molar-refractivity contribution is 5.92. The number of likely N-dealkylation sites (tertiary alicyclic amines) is 1. The van der Waals surface area contributed by atoms with E-state index >= 15 is 0 Å². The molecule has 7 heteroatoms. The van der Waals surface area contributed by atoms with E-state index in [2.05, 4.69) is 10.2 Å². The number of nitrogens with one attached hydrogen (secondary N) is 1. The predicted molar refractivity (Wildman–Crippen MR) is 79.3 cm³/mol. The van der Waals surface area contributed by atoms with E-state index in [0.29, 0.717) is 32.0 Å². The number of aromatic amines is 1. The second-order valence-corrected chi connectivity index (χ2v) is 5.84. The van der Waals surface area contributed by atoms with Gasteiger partial charge in [0.15, 0.2) is 0 Å². The van der Waals surface area contributed by atoms with Gasteiger partial charge in [0.1, 0.15) is 5.69 Å². The maximum absolute atomic E-state index is 12.4. The smallest absolute Gasteiger partial charge is 0.274 e. The molecule has 7 nitrogen and oxygen atoms in total. The second-order valence-electron chi connectivity index (χ2n) is 5.84. The van der Waals surface area contributed by atoms with Gasteiger partial charge in [-0.05, 0) is 25.3 Å². The van der Waals surface area contributed by atoms with Gasteiger partial charge < -0.3 is 14.5 Å². The Hall–Kier alpha value is -1.89. The summed E-state index contributed by atoms with van der Waals surface area (Å²) in [6.07, 6.45) is 3.02.